The van der Waals surface area contributed by atoms with Gasteiger partial charge < -0.3 is 14.6 Å². The lowest BCUT2D eigenvalue weighted by atomic mass is 9.99. The first-order valence-corrected chi connectivity index (χ1v) is 10.3. The minimum absolute atomic E-state index is 0.0669. The Hall–Kier alpha value is -3.30. The highest BCUT2D eigenvalue weighted by atomic mass is 19.4. The molecule has 0 spiro atoms. The van der Waals surface area contributed by atoms with E-state index in [0.29, 0.717) is 18.4 Å². The molecule has 0 saturated carbocycles. The Morgan fingerprint density at radius 2 is 1.91 bits per heavy atom. The van der Waals surface area contributed by atoms with E-state index < -0.39 is 41.4 Å². The lowest BCUT2D eigenvalue weighted by Crippen LogP contribution is -2.16. The molecule has 0 aliphatic rings. The van der Waals surface area contributed by atoms with E-state index in [-0.39, 0.29) is 30.1 Å². The molecule has 0 radical (unpaired) electrons. The largest absolute Gasteiger partial charge is 0.507 e. The summed E-state index contributed by atoms with van der Waals surface area (Å²) in [5.41, 5.74) is -0.763. The molecular formula is C23H28F3NO6. The standard InChI is InChI=1S/C23H28F3NO6/c1-14(7-6-11-23(24,25)26)9-10-16(3)20(29)19-17(28)13-18(33-21(19)30)15(2)8-4-5-12-27-22(31)32/h5,9-10,12-13,15,27-28H,4,6-8,11H2,1-3H3,(H,31,32). The second-order valence-electron chi connectivity index (χ2n) is 7.69. The summed E-state index contributed by atoms with van der Waals surface area (Å²) in [6, 6.07) is 1.20. The van der Waals surface area contributed by atoms with Crippen molar-refractivity contribution in [1.82, 2.24) is 5.32 Å². The van der Waals surface area contributed by atoms with Crippen LogP contribution in [0.15, 0.2) is 50.9 Å². The SMILES string of the molecule is CC(=CC=C(C)C(=O)c1c(O)cc(C(C)CCC=CNC(=O)O)oc1=O)CCCC(F)(F)F. The molecule has 0 saturated heterocycles. The molecule has 0 aliphatic carbocycles. The molecular weight excluding hydrogens is 443 g/mol. The summed E-state index contributed by atoms with van der Waals surface area (Å²) in [5.74, 6) is -1.39. The molecule has 0 aliphatic heterocycles. The molecule has 1 aromatic rings. The Kier molecular flexibility index (Phi) is 10.6. The zero-order valence-electron chi connectivity index (χ0n) is 18.7. The first-order valence-electron chi connectivity index (χ1n) is 10.3. The third-order valence-electron chi connectivity index (χ3n) is 4.76. The van der Waals surface area contributed by atoms with Gasteiger partial charge in [-0.1, -0.05) is 30.7 Å². The highest BCUT2D eigenvalue weighted by molar-refractivity contribution is 6.09. The van der Waals surface area contributed by atoms with Crippen LogP contribution in [-0.4, -0.2) is 28.3 Å². The first-order chi connectivity index (χ1) is 15.3. The molecule has 1 atom stereocenters. The summed E-state index contributed by atoms with van der Waals surface area (Å²) < 4.78 is 41.9. The second-order valence-corrected chi connectivity index (χ2v) is 7.69. The van der Waals surface area contributed by atoms with Crippen molar-refractivity contribution in [2.75, 3.05) is 0 Å². The van der Waals surface area contributed by atoms with Crippen molar-refractivity contribution in [2.24, 2.45) is 0 Å². The summed E-state index contributed by atoms with van der Waals surface area (Å²) >= 11 is 0. The summed E-state index contributed by atoms with van der Waals surface area (Å²) in [7, 11) is 0. The Morgan fingerprint density at radius 3 is 2.48 bits per heavy atom. The molecule has 1 rings (SSSR count). The molecule has 10 heteroatoms. The van der Waals surface area contributed by atoms with Crippen LogP contribution >= 0.6 is 0 Å². The number of Topliss-reactive ketones (excluding diaryl/α,β-unsaturated/α-hetero) is 1. The van der Waals surface area contributed by atoms with Crippen LogP contribution in [0.25, 0.3) is 0 Å². The molecule has 0 fully saturated rings. The van der Waals surface area contributed by atoms with E-state index in [2.05, 4.69) is 5.32 Å². The lowest BCUT2D eigenvalue weighted by molar-refractivity contribution is -0.135. The van der Waals surface area contributed by atoms with Crippen molar-refractivity contribution in [1.29, 1.82) is 0 Å². The highest BCUT2D eigenvalue weighted by Crippen LogP contribution is 2.26. The van der Waals surface area contributed by atoms with E-state index in [9.17, 15) is 32.7 Å². The molecule has 1 unspecified atom stereocenters. The van der Waals surface area contributed by atoms with Gasteiger partial charge in [-0.3, -0.25) is 10.1 Å². The Balaban J connectivity index is 2.86. The van der Waals surface area contributed by atoms with Gasteiger partial charge in [0.15, 0.2) is 5.78 Å². The maximum absolute atomic E-state index is 12.6. The third-order valence-corrected chi connectivity index (χ3v) is 4.76. The van der Waals surface area contributed by atoms with Crippen LogP contribution < -0.4 is 10.9 Å². The quantitative estimate of drug-likeness (QED) is 0.213. The Morgan fingerprint density at radius 1 is 1.24 bits per heavy atom. The van der Waals surface area contributed by atoms with Crippen LogP contribution in [0.5, 0.6) is 5.75 Å². The van der Waals surface area contributed by atoms with Gasteiger partial charge in [-0.05, 0) is 45.1 Å². The van der Waals surface area contributed by atoms with Crippen molar-refractivity contribution in [2.45, 2.75) is 65.0 Å². The van der Waals surface area contributed by atoms with Crippen LogP contribution in [0, 0.1) is 0 Å². The van der Waals surface area contributed by atoms with Crippen LogP contribution in [0.2, 0.25) is 0 Å². The monoisotopic (exact) mass is 471 g/mol. The number of rotatable bonds is 11. The van der Waals surface area contributed by atoms with Gasteiger partial charge in [0.2, 0.25) is 0 Å². The van der Waals surface area contributed by atoms with E-state index in [1.54, 1.807) is 19.9 Å². The first kappa shape index (κ1) is 27.7. The number of halogens is 3. The number of carboxylic acid groups (broad SMARTS) is 1. The number of nitrogens with one attached hydrogen (secondary N) is 1. The normalized spacial score (nSPS) is 13.9. The fraction of sp³-hybridized carbons (Fsp3) is 0.435. The number of hydrogen-bond donors (Lipinski definition) is 3. The minimum Gasteiger partial charge on any atom is -0.507 e. The predicted octanol–water partition coefficient (Wildman–Crippen LogP) is 5.82. The van der Waals surface area contributed by atoms with Gasteiger partial charge in [0, 0.05) is 24.6 Å². The molecule has 1 aromatic heterocycles. The number of allylic oxidation sites excluding steroid dienone is 5. The van der Waals surface area contributed by atoms with Crippen molar-refractivity contribution < 1.29 is 37.4 Å². The van der Waals surface area contributed by atoms with Gasteiger partial charge in [0.05, 0.1) is 0 Å². The maximum Gasteiger partial charge on any atom is 0.408 e. The number of hydrogen-bond acceptors (Lipinski definition) is 5. The van der Waals surface area contributed by atoms with E-state index in [1.165, 1.54) is 31.3 Å². The van der Waals surface area contributed by atoms with Crippen LogP contribution in [0.3, 0.4) is 0 Å². The molecule has 182 valence electrons. The number of alkyl halides is 3. The molecule has 3 N–H and O–H groups in total. The van der Waals surface area contributed by atoms with Gasteiger partial charge >= 0.3 is 17.9 Å². The zero-order chi connectivity index (χ0) is 25.2. The topological polar surface area (TPSA) is 117 Å². The average molecular weight is 471 g/mol. The molecule has 7 nitrogen and oxygen atoms in total. The Labute approximate surface area is 189 Å². The fourth-order valence-corrected chi connectivity index (χ4v) is 2.84. The molecule has 1 heterocycles. The number of carbonyl (C=O) groups excluding carboxylic acids is 1. The van der Waals surface area contributed by atoms with E-state index in [4.69, 9.17) is 9.52 Å². The summed E-state index contributed by atoms with van der Waals surface area (Å²) in [6.45, 7) is 4.81. The van der Waals surface area contributed by atoms with Crippen molar-refractivity contribution >= 4 is 11.9 Å². The van der Waals surface area contributed by atoms with Gasteiger partial charge in [-0.15, -0.1) is 0 Å². The second kappa shape index (κ2) is 12.7. The van der Waals surface area contributed by atoms with E-state index in [1.807, 2.05) is 0 Å². The zero-order valence-corrected chi connectivity index (χ0v) is 18.7. The number of amides is 1. The smallest absolute Gasteiger partial charge is 0.408 e. The van der Waals surface area contributed by atoms with Crippen LogP contribution in [0.4, 0.5) is 18.0 Å². The van der Waals surface area contributed by atoms with Gasteiger partial charge in [-0.25, -0.2) is 9.59 Å². The fourth-order valence-electron chi connectivity index (χ4n) is 2.84. The lowest BCUT2D eigenvalue weighted by Gasteiger charge is -2.11. The van der Waals surface area contributed by atoms with Gasteiger partial charge in [-0.2, -0.15) is 13.2 Å². The maximum atomic E-state index is 12.6. The predicted molar refractivity (Wildman–Crippen MR) is 116 cm³/mol. The van der Waals surface area contributed by atoms with Gasteiger partial charge in [0.25, 0.3) is 0 Å². The van der Waals surface area contributed by atoms with Crippen molar-refractivity contribution in [3.05, 3.63) is 63.4 Å². The van der Waals surface area contributed by atoms with E-state index >= 15 is 0 Å². The number of aromatic hydroxyl groups is 1. The average Bonchev–Trinajstić information content (AvgIpc) is 2.69. The molecule has 1 amide bonds. The van der Waals surface area contributed by atoms with Gasteiger partial charge in [0.1, 0.15) is 17.1 Å². The molecule has 0 bridgehead atoms. The Bertz CT molecular complexity index is 989. The van der Waals surface area contributed by atoms with Crippen molar-refractivity contribution in [3.8, 4) is 5.75 Å². The summed E-state index contributed by atoms with van der Waals surface area (Å²) in [4.78, 5) is 35.3. The molecule has 0 aromatic carbocycles. The third kappa shape index (κ3) is 10.2. The molecule has 33 heavy (non-hydrogen) atoms. The summed E-state index contributed by atoms with van der Waals surface area (Å²) in [6.07, 6.45) is 0.561. The summed E-state index contributed by atoms with van der Waals surface area (Å²) in [5, 5.41) is 20.8. The minimum atomic E-state index is -4.22. The number of ketones is 1. The highest BCUT2D eigenvalue weighted by Gasteiger charge is 2.26. The number of carbonyl (C=O) groups is 2. The van der Waals surface area contributed by atoms with E-state index in [0.717, 1.165) is 0 Å². The van der Waals surface area contributed by atoms with Crippen molar-refractivity contribution in [3.63, 3.8) is 0 Å². The van der Waals surface area contributed by atoms with Crippen LogP contribution in [0.1, 0.15) is 74.9 Å². The van der Waals surface area contributed by atoms with Crippen LogP contribution in [-0.2, 0) is 0 Å².